The van der Waals surface area contributed by atoms with E-state index in [0.29, 0.717) is 41.0 Å². The van der Waals surface area contributed by atoms with Crippen LogP contribution in [0.2, 0.25) is 0 Å². The lowest BCUT2D eigenvalue weighted by Gasteiger charge is -2.32. The molecular weight excluding hydrogens is 422 g/mol. The van der Waals surface area contributed by atoms with Gasteiger partial charge in [0.15, 0.2) is 0 Å². The van der Waals surface area contributed by atoms with Gasteiger partial charge in [-0.3, -0.25) is 19.0 Å². The molecule has 2 aromatic carbocycles. The van der Waals surface area contributed by atoms with Gasteiger partial charge in [0.1, 0.15) is 12.3 Å². The monoisotopic (exact) mass is 449 g/mol. The fourth-order valence-corrected chi connectivity index (χ4v) is 3.93. The van der Waals surface area contributed by atoms with Crippen LogP contribution in [0.5, 0.6) is 5.75 Å². The number of anilines is 1. The van der Waals surface area contributed by atoms with Crippen LogP contribution in [-0.4, -0.2) is 71.5 Å². The van der Waals surface area contributed by atoms with Crippen LogP contribution in [0.25, 0.3) is 10.9 Å². The van der Waals surface area contributed by atoms with Gasteiger partial charge in [0.05, 0.1) is 30.0 Å². The first-order valence-corrected chi connectivity index (χ1v) is 10.8. The molecule has 172 valence electrons. The molecule has 9 nitrogen and oxygen atoms in total. The third-order valence-corrected chi connectivity index (χ3v) is 5.88. The van der Waals surface area contributed by atoms with Gasteiger partial charge in [-0.15, -0.1) is 0 Å². The minimum Gasteiger partial charge on any atom is -0.495 e. The summed E-state index contributed by atoms with van der Waals surface area (Å²) in [6.45, 7) is 4.62. The topological polar surface area (TPSA) is 96.8 Å². The fraction of sp³-hybridized carbons (Fsp3) is 0.333. The highest BCUT2D eigenvalue weighted by Crippen LogP contribution is 2.26. The molecule has 0 unspecified atom stereocenters. The number of amides is 2. The van der Waals surface area contributed by atoms with Crippen molar-refractivity contribution in [3.8, 4) is 5.75 Å². The molecule has 1 fully saturated rings. The zero-order valence-corrected chi connectivity index (χ0v) is 19.0. The van der Waals surface area contributed by atoms with E-state index in [0.717, 1.165) is 18.7 Å². The average Bonchev–Trinajstić information content (AvgIpc) is 2.81. The van der Waals surface area contributed by atoms with E-state index in [1.807, 2.05) is 20.0 Å². The van der Waals surface area contributed by atoms with Gasteiger partial charge in [0.2, 0.25) is 5.91 Å². The Morgan fingerprint density at radius 3 is 2.61 bits per heavy atom. The first kappa shape index (κ1) is 22.5. The number of hydrogen-bond donors (Lipinski definition) is 1. The second-order valence-electron chi connectivity index (χ2n) is 8.21. The summed E-state index contributed by atoms with van der Waals surface area (Å²) in [7, 11) is 3.52. The van der Waals surface area contributed by atoms with Crippen LogP contribution in [0.3, 0.4) is 0 Å². The van der Waals surface area contributed by atoms with Gasteiger partial charge >= 0.3 is 0 Å². The van der Waals surface area contributed by atoms with Crippen molar-refractivity contribution in [2.45, 2.75) is 13.5 Å². The van der Waals surface area contributed by atoms with Crippen molar-refractivity contribution in [2.24, 2.45) is 0 Å². The molecule has 4 rings (SSSR count). The molecule has 9 heteroatoms. The number of methoxy groups -OCH3 is 1. The SMILES string of the molecule is COc1ccc(C(=O)N2CCN(C)CC2)cc1NC(=O)Cn1cnc2c(C)cccc2c1=O. The van der Waals surface area contributed by atoms with E-state index in [1.54, 1.807) is 35.2 Å². The van der Waals surface area contributed by atoms with Crippen LogP contribution in [0.4, 0.5) is 5.69 Å². The molecule has 1 aliphatic rings. The van der Waals surface area contributed by atoms with Gasteiger partial charge < -0.3 is 19.9 Å². The van der Waals surface area contributed by atoms with Gasteiger partial charge in [-0.05, 0) is 43.8 Å². The molecule has 0 atom stereocenters. The molecule has 1 N–H and O–H groups in total. The number of carbonyl (C=O) groups excluding carboxylic acids is 2. The lowest BCUT2D eigenvalue weighted by atomic mass is 10.1. The zero-order chi connectivity index (χ0) is 23.5. The van der Waals surface area contributed by atoms with E-state index < -0.39 is 5.91 Å². The maximum Gasteiger partial charge on any atom is 0.261 e. The number of ether oxygens (including phenoxy) is 1. The Morgan fingerprint density at radius 2 is 1.88 bits per heavy atom. The first-order chi connectivity index (χ1) is 15.9. The largest absolute Gasteiger partial charge is 0.495 e. The van der Waals surface area contributed by atoms with Crippen molar-refractivity contribution in [3.63, 3.8) is 0 Å². The second kappa shape index (κ2) is 9.41. The molecule has 1 saturated heterocycles. The molecule has 0 bridgehead atoms. The quantitative estimate of drug-likeness (QED) is 0.637. The van der Waals surface area contributed by atoms with Gasteiger partial charge in [0, 0.05) is 31.7 Å². The Hall–Kier alpha value is -3.72. The van der Waals surface area contributed by atoms with Crippen LogP contribution < -0.4 is 15.6 Å². The maximum absolute atomic E-state index is 12.9. The smallest absolute Gasteiger partial charge is 0.261 e. The van der Waals surface area contributed by atoms with Crippen molar-refractivity contribution in [3.05, 3.63) is 64.2 Å². The fourth-order valence-electron chi connectivity index (χ4n) is 3.93. The lowest BCUT2D eigenvalue weighted by molar-refractivity contribution is -0.116. The van der Waals surface area contributed by atoms with Crippen LogP contribution in [0.15, 0.2) is 47.5 Å². The van der Waals surface area contributed by atoms with E-state index in [-0.39, 0.29) is 18.0 Å². The zero-order valence-electron chi connectivity index (χ0n) is 19.0. The highest BCUT2D eigenvalue weighted by Gasteiger charge is 2.22. The summed E-state index contributed by atoms with van der Waals surface area (Å²) >= 11 is 0. The van der Waals surface area contributed by atoms with Crippen LogP contribution in [0.1, 0.15) is 15.9 Å². The Balaban J connectivity index is 1.53. The minimum atomic E-state index is -0.423. The molecule has 3 aromatic rings. The molecular formula is C24H27N5O4. The average molecular weight is 450 g/mol. The number of rotatable bonds is 5. The van der Waals surface area contributed by atoms with Gasteiger partial charge in [-0.25, -0.2) is 4.98 Å². The Labute approximate surface area is 191 Å². The van der Waals surface area contributed by atoms with Crippen molar-refractivity contribution < 1.29 is 14.3 Å². The van der Waals surface area contributed by atoms with Crippen molar-refractivity contribution in [2.75, 3.05) is 45.7 Å². The van der Waals surface area contributed by atoms with Gasteiger partial charge in [0.25, 0.3) is 11.5 Å². The summed E-state index contributed by atoms with van der Waals surface area (Å²) in [5, 5.41) is 3.23. The number of piperazine rings is 1. The predicted octanol–water partition coefficient (Wildman–Crippen LogP) is 1.74. The standard InChI is InChI=1S/C24H27N5O4/c1-16-5-4-6-18-22(16)25-15-29(24(18)32)14-21(30)26-19-13-17(7-8-20(19)33-3)23(31)28-11-9-27(2)10-12-28/h4-8,13,15H,9-12,14H2,1-3H3,(H,26,30). The summed E-state index contributed by atoms with van der Waals surface area (Å²) in [6.07, 6.45) is 1.38. The number of para-hydroxylation sites is 1. The number of hydrogen-bond acceptors (Lipinski definition) is 6. The van der Waals surface area contributed by atoms with E-state index >= 15 is 0 Å². The molecule has 2 heterocycles. The van der Waals surface area contributed by atoms with E-state index in [1.165, 1.54) is 18.0 Å². The Morgan fingerprint density at radius 1 is 1.12 bits per heavy atom. The Bertz CT molecular complexity index is 1260. The molecule has 0 aliphatic carbocycles. The third-order valence-electron chi connectivity index (χ3n) is 5.88. The Kier molecular flexibility index (Phi) is 6.41. The van der Waals surface area contributed by atoms with Gasteiger partial charge in [-0.1, -0.05) is 12.1 Å². The van der Waals surface area contributed by atoms with Crippen LogP contribution in [0, 0.1) is 6.92 Å². The minimum absolute atomic E-state index is 0.0911. The molecule has 1 aliphatic heterocycles. The van der Waals surface area contributed by atoms with Crippen molar-refractivity contribution in [1.29, 1.82) is 0 Å². The first-order valence-electron chi connectivity index (χ1n) is 10.8. The highest BCUT2D eigenvalue weighted by molar-refractivity contribution is 5.98. The van der Waals surface area contributed by atoms with Crippen molar-refractivity contribution in [1.82, 2.24) is 19.4 Å². The molecule has 33 heavy (non-hydrogen) atoms. The molecule has 0 spiro atoms. The molecule has 2 amide bonds. The van der Waals surface area contributed by atoms with E-state index in [4.69, 9.17) is 4.74 Å². The number of carbonyl (C=O) groups is 2. The summed E-state index contributed by atoms with van der Waals surface area (Å²) in [4.78, 5) is 46.8. The number of nitrogens with zero attached hydrogens (tertiary/aromatic N) is 4. The molecule has 0 radical (unpaired) electrons. The molecule has 0 saturated carbocycles. The van der Waals surface area contributed by atoms with Gasteiger partial charge in [-0.2, -0.15) is 0 Å². The number of likely N-dealkylation sites (N-methyl/N-ethyl adjacent to an activating group) is 1. The van der Waals surface area contributed by atoms with Crippen LogP contribution in [-0.2, 0) is 11.3 Å². The second-order valence-corrected chi connectivity index (χ2v) is 8.21. The highest BCUT2D eigenvalue weighted by atomic mass is 16.5. The lowest BCUT2D eigenvalue weighted by Crippen LogP contribution is -2.47. The number of nitrogens with one attached hydrogen (secondary N) is 1. The third kappa shape index (κ3) is 4.73. The number of benzene rings is 2. The molecule has 1 aromatic heterocycles. The van der Waals surface area contributed by atoms with E-state index in [2.05, 4.69) is 15.2 Å². The van der Waals surface area contributed by atoms with Crippen LogP contribution >= 0.6 is 0 Å². The summed E-state index contributed by atoms with van der Waals surface area (Å²) in [6, 6.07) is 10.3. The number of aromatic nitrogens is 2. The number of fused-ring (bicyclic) bond motifs is 1. The maximum atomic E-state index is 12.9. The summed E-state index contributed by atoms with van der Waals surface area (Å²) in [5.74, 6) is -0.0853. The summed E-state index contributed by atoms with van der Waals surface area (Å²) in [5.41, 5.74) is 2.07. The van der Waals surface area contributed by atoms with E-state index in [9.17, 15) is 14.4 Å². The van der Waals surface area contributed by atoms with Crippen molar-refractivity contribution >= 4 is 28.4 Å². The number of aryl methyl sites for hydroxylation is 1. The normalized spacial score (nSPS) is 14.3. The summed E-state index contributed by atoms with van der Waals surface area (Å²) < 4.78 is 6.62. The predicted molar refractivity (Wildman–Crippen MR) is 126 cm³/mol.